The molecule has 0 aliphatic carbocycles. The van der Waals surface area contributed by atoms with Crippen molar-refractivity contribution in [3.63, 3.8) is 0 Å². The summed E-state index contributed by atoms with van der Waals surface area (Å²) >= 11 is 3.15. The van der Waals surface area contributed by atoms with Crippen LogP contribution in [0.2, 0.25) is 0 Å². The van der Waals surface area contributed by atoms with Gasteiger partial charge in [0.25, 0.3) is 5.91 Å². The molecule has 4 nitrogen and oxygen atoms in total. The number of halogens is 2. The average molecular weight is 326 g/mol. The summed E-state index contributed by atoms with van der Waals surface area (Å²) in [7, 11) is 0. The molecule has 0 saturated carbocycles. The van der Waals surface area contributed by atoms with E-state index >= 15 is 0 Å². The van der Waals surface area contributed by atoms with Crippen molar-refractivity contribution in [3.05, 3.63) is 22.6 Å². The minimum Gasteiger partial charge on any atom is -0.457 e. The van der Waals surface area contributed by atoms with Gasteiger partial charge in [-0.2, -0.15) is 0 Å². The van der Waals surface area contributed by atoms with Crippen LogP contribution >= 0.6 is 28.3 Å². The Morgan fingerprint density at radius 1 is 1.65 bits per heavy atom. The van der Waals surface area contributed by atoms with Crippen molar-refractivity contribution >= 4 is 34.2 Å². The molecule has 0 aromatic carbocycles. The first kappa shape index (κ1) is 16.5. The van der Waals surface area contributed by atoms with Gasteiger partial charge in [-0.1, -0.05) is 13.8 Å². The van der Waals surface area contributed by atoms with Crippen LogP contribution < -0.4 is 11.1 Å². The molecule has 0 aliphatic heterocycles. The molecule has 0 aliphatic rings. The Bertz CT molecular complexity index is 381. The molecule has 1 unspecified atom stereocenters. The quantitative estimate of drug-likeness (QED) is 0.894. The van der Waals surface area contributed by atoms with Crippen molar-refractivity contribution < 1.29 is 9.21 Å². The van der Waals surface area contributed by atoms with Gasteiger partial charge in [-0.05, 0) is 28.8 Å². The van der Waals surface area contributed by atoms with Crippen LogP contribution in [0.25, 0.3) is 0 Å². The maximum Gasteiger partial charge on any atom is 0.255 e. The van der Waals surface area contributed by atoms with Gasteiger partial charge in [0, 0.05) is 12.6 Å². The van der Waals surface area contributed by atoms with E-state index in [-0.39, 0.29) is 24.2 Å². The van der Waals surface area contributed by atoms with Gasteiger partial charge in [-0.15, -0.1) is 12.4 Å². The van der Waals surface area contributed by atoms with E-state index in [0.717, 1.165) is 0 Å². The van der Waals surface area contributed by atoms with Crippen LogP contribution in [0.15, 0.2) is 21.4 Å². The Morgan fingerprint density at radius 3 is 2.59 bits per heavy atom. The fraction of sp³-hybridized carbons (Fsp3) is 0.545. The van der Waals surface area contributed by atoms with Gasteiger partial charge in [0.1, 0.15) is 6.26 Å². The number of carbonyl (C=O) groups excluding carboxylic acids is 1. The van der Waals surface area contributed by atoms with E-state index in [4.69, 9.17) is 10.2 Å². The minimum atomic E-state index is -0.402. The number of amides is 1. The highest BCUT2D eigenvalue weighted by molar-refractivity contribution is 9.10. The normalized spacial score (nSPS) is 14.0. The molecule has 3 N–H and O–H groups in total. The van der Waals surface area contributed by atoms with Crippen molar-refractivity contribution in [3.8, 4) is 0 Å². The number of nitrogens with two attached hydrogens (primary N) is 1. The second-order valence-electron chi connectivity index (χ2n) is 4.37. The van der Waals surface area contributed by atoms with Gasteiger partial charge in [0.2, 0.25) is 0 Å². The highest BCUT2D eigenvalue weighted by Gasteiger charge is 2.29. The molecule has 0 fully saturated rings. The Labute approximate surface area is 116 Å². The van der Waals surface area contributed by atoms with Crippen molar-refractivity contribution in [1.29, 1.82) is 0 Å². The lowest BCUT2D eigenvalue weighted by Gasteiger charge is -2.33. The highest BCUT2D eigenvalue weighted by atomic mass is 79.9. The van der Waals surface area contributed by atoms with E-state index in [0.29, 0.717) is 16.8 Å². The second kappa shape index (κ2) is 6.42. The first-order valence-electron chi connectivity index (χ1n) is 5.15. The standard InChI is InChI=1S/C11H17BrN2O2.ClH/c1-7(2)11(3,6-13)14-10(15)8-4-9(12)16-5-8;/h4-5,7H,6,13H2,1-3H3,(H,14,15);1H. The Hall–Kier alpha value is -0.520. The topological polar surface area (TPSA) is 68.3 Å². The molecule has 1 heterocycles. The maximum absolute atomic E-state index is 11.9. The first-order valence-corrected chi connectivity index (χ1v) is 5.95. The van der Waals surface area contributed by atoms with E-state index in [1.807, 2.05) is 20.8 Å². The summed E-state index contributed by atoms with van der Waals surface area (Å²) in [4.78, 5) is 11.9. The lowest BCUT2D eigenvalue weighted by Crippen LogP contribution is -2.54. The lowest BCUT2D eigenvalue weighted by atomic mass is 9.88. The SMILES string of the molecule is CC(C)C(C)(CN)NC(=O)c1coc(Br)c1.Cl. The first-order chi connectivity index (χ1) is 7.39. The van der Waals surface area contributed by atoms with Crippen LogP contribution in [0.1, 0.15) is 31.1 Å². The molecule has 98 valence electrons. The van der Waals surface area contributed by atoms with Crippen molar-refractivity contribution in [1.82, 2.24) is 5.32 Å². The lowest BCUT2D eigenvalue weighted by molar-refractivity contribution is 0.0882. The van der Waals surface area contributed by atoms with Crippen LogP contribution in [-0.2, 0) is 0 Å². The van der Waals surface area contributed by atoms with Crippen LogP contribution in [0, 0.1) is 5.92 Å². The average Bonchev–Trinajstić information content (AvgIpc) is 2.64. The molecule has 0 spiro atoms. The number of hydrogen-bond acceptors (Lipinski definition) is 3. The summed E-state index contributed by atoms with van der Waals surface area (Å²) in [6, 6.07) is 1.63. The zero-order chi connectivity index (χ0) is 12.3. The van der Waals surface area contributed by atoms with Gasteiger partial charge in [-0.3, -0.25) is 4.79 Å². The van der Waals surface area contributed by atoms with Crippen LogP contribution in [-0.4, -0.2) is 18.0 Å². The smallest absolute Gasteiger partial charge is 0.255 e. The van der Waals surface area contributed by atoms with Crippen molar-refractivity contribution in [2.45, 2.75) is 26.3 Å². The molecule has 0 radical (unpaired) electrons. The third-order valence-electron chi connectivity index (χ3n) is 2.93. The van der Waals surface area contributed by atoms with E-state index in [1.54, 1.807) is 6.07 Å². The predicted octanol–water partition coefficient (Wildman–Crippen LogP) is 2.57. The van der Waals surface area contributed by atoms with E-state index in [2.05, 4.69) is 21.2 Å². The molecule has 1 aromatic heterocycles. The molecule has 0 bridgehead atoms. The fourth-order valence-electron chi connectivity index (χ4n) is 1.19. The molecule has 1 rings (SSSR count). The molecule has 0 saturated heterocycles. The summed E-state index contributed by atoms with van der Waals surface area (Å²) < 4.78 is 5.56. The number of hydrogen-bond donors (Lipinski definition) is 2. The summed E-state index contributed by atoms with van der Waals surface area (Å²) in [5.41, 5.74) is 5.78. The molecule has 17 heavy (non-hydrogen) atoms. The van der Waals surface area contributed by atoms with Gasteiger partial charge < -0.3 is 15.5 Å². The molecular weight excluding hydrogens is 307 g/mol. The van der Waals surface area contributed by atoms with E-state index in [9.17, 15) is 4.79 Å². The zero-order valence-electron chi connectivity index (χ0n) is 10.1. The molecular formula is C11H18BrClN2O2. The van der Waals surface area contributed by atoms with Gasteiger partial charge in [0.15, 0.2) is 4.67 Å². The number of rotatable bonds is 4. The number of carbonyl (C=O) groups is 1. The van der Waals surface area contributed by atoms with Crippen molar-refractivity contribution in [2.75, 3.05) is 6.54 Å². The third-order valence-corrected chi connectivity index (χ3v) is 3.34. The second-order valence-corrected chi connectivity index (χ2v) is 5.15. The minimum absolute atomic E-state index is 0. The predicted molar refractivity (Wildman–Crippen MR) is 73.4 cm³/mol. The molecule has 1 atom stereocenters. The summed E-state index contributed by atoms with van der Waals surface area (Å²) in [5.74, 6) is 0.0906. The summed E-state index contributed by atoms with van der Waals surface area (Å²) in [5, 5.41) is 2.93. The highest BCUT2D eigenvalue weighted by Crippen LogP contribution is 2.18. The maximum atomic E-state index is 11.9. The van der Waals surface area contributed by atoms with Gasteiger partial charge in [0.05, 0.1) is 11.1 Å². The number of furan rings is 1. The molecule has 6 heteroatoms. The fourth-order valence-corrected chi connectivity index (χ4v) is 1.53. The Kier molecular flexibility index (Phi) is 6.23. The van der Waals surface area contributed by atoms with Crippen molar-refractivity contribution in [2.24, 2.45) is 11.7 Å². The Balaban J connectivity index is 0.00000256. The molecule has 1 aromatic rings. The van der Waals surface area contributed by atoms with Crippen LogP contribution in [0.4, 0.5) is 0 Å². The zero-order valence-corrected chi connectivity index (χ0v) is 12.5. The van der Waals surface area contributed by atoms with E-state index in [1.165, 1.54) is 6.26 Å². The summed E-state index contributed by atoms with van der Waals surface area (Å²) in [6.07, 6.45) is 1.41. The molecule has 1 amide bonds. The largest absolute Gasteiger partial charge is 0.457 e. The Morgan fingerprint density at radius 2 is 2.24 bits per heavy atom. The van der Waals surface area contributed by atoms with E-state index < -0.39 is 5.54 Å². The van der Waals surface area contributed by atoms with Crippen LogP contribution in [0.3, 0.4) is 0 Å². The van der Waals surface area contributed by atoms with Crippen LogP contribution in [0.5, 0.6) is 0 Å². The number of nitrogens with one attached hydrogen (secondary N) is 1. The third kappa shape index (κ3) is 4.01. The van der Waals surface area contributed by atoms with Gasteiger partial charge in [-0.25, -0.2) is 0 Å². The monoisotopic (exact) mass is 324 g/mol. The summed E-state index contributed by atoms with van der Waals surface area (Å²) in [6.45, 7) is 6.39. The van der Waals surface area contributed by atoms with Gasteiger partial charge >= 0.3 is 0 Å².